The van der Waals surface area contributed by atoms with Gasteiger partial charge >= 0.3 is 18.5 Å². The van der Waals surface area contributed by atoms with Gasteiger partial charge in [0.05, 0.1) is 21.6 Å². The van der Waals surface area contributed by atoms with Crippen LogP contribution in [0.3, 0.4) is 0 Å². The number of aromatic nitrogens is 2. The molecule has 1 N–H and O–H groups in total. The number of carbonyl (C=O) groups excluding carboxylic acids is 1. The van der Waals surface area contributed by atoms with Crippen molar-refractivity contribution in [2.45, 2.75) is 23.4 Å². The highest BCUT2D eigenvalue weighted by molar-refractivity contribution is 7.90. The maximum Gasteiger partial charge on any atom is 0.417 e. The summed E-state index contributed by atoms with van der Waals surface area (Å²) in [5.74, 6) is -1.58. The Morgan fingerprint density at radius 3 is 1.89 bits per heavy atom. The van der Waals surface area contributed by atoms with Crippen molar-refractivity contribution in [1.29, 1.82) is 0 Å². The van der Waals surface area contributed by atoms with Crippen molar-refractivity contribution in [3.63, 3.8) is 0 Å². The van der Waals surface area contributed by atoms with Crippen LogP contribution in [-0.2, 0) is 28.6 Å². The number of nitrogens with zero attached hydrogens (tertiary/aromatic N) is 2. The van der Waals surface area contributed by atoms with Gasteiger partial charge in [-0.25, -0.2) is 18.1 Å². The molecule has 0 fully saturated rings. The molecule has 0 spiro atoms. The fraction of sp³-hybridized carbons (Fsp3) is 0.158. The summed E-state index contributed by atoms with van der Waals surface area (Å²) < 4.78 is 144. The van der Waals surface area contributed by atoms with Crippen LogP contribution in [0.5, 0.6) is 0 Å². The van der Waals surface area contributed by atoms with Crippen molar-refractivity contribution in [2.75, 3.05) is 0 Å². The molecule has 3 aromatic rings. The molecule has 1 amide bonds. The Hall–Kier alpha value is -3.56. The fourth-order valence-electron chi connectivity index (χ4n) is 2.83. The molecule has 6 nitrogen and oxygen atoms in total. The second-order valence-electron chi connectivity index (χ2n) is 6.86. The summed E-state index contributed by atoms with van der Waals surface area (Å²) in [6.45, 7) is 0. The Labute approximate surface area is 190 Å². The number of carbonyl (C=O) groups is 1. The number of hydrogen-bond acceptors (Lipinski definition) is 4. The molecule has 0 unspecified atom stereocenters. The Morgan fingerprint density at radius 1 is 0.829 bits per heavy atom. The van der Waals surface area contributed by atoms with Gasteiger partial charge < -0.3 is 4.57 Å². The van der Waals surface area contributed by atoms with E-state index in [4.69, 9.17) is 0 Å². The largest absolute Gasteiger partial charge is 0.417 e. The first-order chi connectivity index (χ1) is 15.9. The van der Waals surface area contributed by atoms with E-state index in [1.165, 1.54) is 4.72 Å². The molecule has 35 heavy (non-hydrogen) atoms. The Bertz CT molecular complexity index is 1340. The second-order valence-corrected chi connectivity index (χ2v) is 8.51. The third-order valence-corrected chi connectivity index (χ3v) is 5.78. The molecular weight excluding hydrogens is 521 g/mol. The van der Waals surface area contributed by atoms with Crippen LogP contribution in [0.25, 0.3) is 5.69 Å². The quantitative estimate of drug-likeness (QED) is 0.478. The third kappa shape index (κ3) is 5.75. The van der Waals surface area contributed by atoms with Crippen molar-refractivity contribution >= 4 is 15.9 Å². The van der Waals surface area contributed by atoms with Gasteiger partial charge in [0.2, 0.25) is 0 Å². The highest BCUT2D eigenvalue weighted by atomic mass is 32.2. The summed E-state index contributed by atoms with van der Waals surface area (Å²) in [5.41, 5.74) is -6.43. The van der Waals surface area contributed by atoms with Gasteiger partial charge in [0.25, 0.3) is 15.9 Å². The van der Waals surface area contributed by atoms with Crippen LogP contribution in [0.4, 0.5) is 39.5 Å². The van der Waals surface area contributed by atoms with E-state index in [0.717, 1.165) is 12.1 Å². The second kappa shape index (κ2) is 8.58. The average molecular weight is 531 g/mol. The number of hydrogen-bond donors (Lipinski definition) is 1. The molecule has 3 rings (SSSR count). The number of benzene rings is 2. The lowest BCUT2D eigenvalue weighted by atomic mass is 10.1. The van der Waals surface area contributed by atoms with E-state index < -0.39 is 67.4 Å². The van der Waals surface area contributed by atoms with Crippen molar-refractivity contribution in [3.05, 3.63) is 77.4 Å². The lowest BCUT2D eigenvalue weighted by Crippen LogP contribution is -2.32. The van der Waals surface area contributed by atoms with Crippen molar-refractivity contribution in [1.82, 2.24) is 14.3 Å². The van der Waals surface area contributed by atoms with E-state index in [1.54, 1.807) is 0 Å². The molecule has 0 aliphatic carbocycles. The summed E-state index contributed by atoms with van der Waals surface area (Å²) in [5, 5.41) is 0. The molecule has 0 bridgehead atoms. The number of imidazole rings is 1. The van der Waals surface area contributed by atoms with Crippen LogP contribution in [0.15, 0.2) is 59.9 Å². The van der Waals surface area contributed by atoms with Gasteiger partial charge in [0.1, 0.15) is 12.0 Å². The minimum Gasteiger partial charge on any atom is -0.305 e. The van der Waals surface area contributed by atoms with Crippen LogP contribution >= 0.6 is 0 Å². The van der Waals surface area contributed by atoms with E-state index in [1.807, 2.05) is 0 Å². The summed E-state index contributed by atoms with van der Waals surface area (Å²) >= 11 is 0. The lowest BCUT2D eigenvalue weighted by molar-refractivity contribution is -0.143. The number of sulfonamides is 1. The zero-order valence-corrected chi connectivity index (χ0v) is 17.4. The van der Waals surface area contributed by atoms with Gasteiger partial charge in [0, 0.05) is 11.9 Å². The van der Waals surface area contributed by atoms with E-state index in [2.05, 4.69) is 4.98 Å². The van der Waals surface area contributed by atoms with E-state index in [-0.39, 0.29) is 6.07 Å². The predicted octanol–water partition coefficient (Wildman–Crippen LogP) is 5.05. The molecular formula is C19H10F9N3O3S. The lowest BCUT2D eigenvalue weighted by Gasteiger charge is -2.14. The monoisotopic (exact) mass is 531 g/mol. The highest BCUT2D eigenvalue weighted by Gasteiger charge is 2.38. The van der Waals surface area contributed by atoms with Gasteiger partial charge in [-0.3, -0.25) is 4.79 Å². The van der Waals surface area contributed by atoms with Crippen LogP contribution in [-0.4, -0.2) is 23.9 Å². The summed E-state index contributed by atoms with van der Waals surface area (Å²) in [6.07, 6.45) is -14.2. The van der Waals surface area contributed by atoms with E-state index in [9.17, 15) is 52.7 Å². The normalized spacial score (nSPS) is 13.1. The number of nitrogens with one attached hydrogen (secondary N) is 1. The molecule has 2 aromatic carbocycles. The zero-order valence-electron chi connectivity index (χ0n) is 16.6. The van der Waals surface area contributed by atoms with Crippen LogP contribution in [0.2, 0.25) is 0 Å². The SMILES string of the molecule is O=C(NS(=O)(=O)c1ccccc1C(F)(F)F)c1cn(-c2cc(C(F)(F)F)cc(C(F)(F)F)c2)cn1. The Balaban J connectivity index is 1.96. The zero-order chi connectivity index (χ0) is 26.4. The Kier molecular flexibility index (Phi) is 6.39. The standard InChI is InChI=1S/C19H10F9N3O3S/c20-17(21,22)10-5-11(18(23,24)25)7-12(6-10)31-8-14(29-9-31)16(32)30-35(33,34)15-4-2-1-3-13(15)19(26,27)28/h1-9H,(H,30,32). The fourth-order valence-corrected chi connectivity index (χ4v) is 4.02. The summed E-state index contributed by atoms with van der Waals surface area (Å²) in [7, 11) is -5.10. The van der Waals surface area contributed by atoms with Gasteiger partial charge in [-0.2, -0.15) is 39.5 Å². The van der Waals surface area contributed by atoms with Crippen molar-refractivity contribution in [3.8, 4) is 5.69 Å². The first kappa shape index (κ1) is 26.1. The first-order valence-electron chi connectivity index (χ1n) is 8.97. The molecule has 0 aliphatic heterocycles. The number of alkyl halides is 9. The van der Waals surface area contributed by atoms with Gasteiger partial charge in [-0.05, 0) is 30.3 Å². The molecule has 0 saturated carbocycles. The molecule has 1 aromatic heterocycles. The van der Waals surface area contributed by atoms with Crippen LogP contribution in [0, 0.1) is 0 Å². The minimum absolute atomic E-state index is 0.126. The van der Waals surface area contributed by atoms with Gasteiger partial charge in [-0.1, -0.05) is 12.1 Å². The molecule has 0 atom stereocenters. The summed E-state index contributed by atoms with van der Waals surface area (Å²) in [6, 6.07) is 3.45. The first-order valence-corrected chi connectivity index (χ1v) is 10.4. The van der Waals surface area contributed by atoms with E-state index in [0.29, 0.717) is 41.4 Å². The predicted molar refractivity (Wildman–Crippen MR) is 99.7 cm³/mol. The maximum atomic E-state index is 13.1. The molecule has 0 radical (unpaired) electrons. The van der Waals surface area contributed by atoms with E-state index >= 15 is 0 Å². The topological polar surface area (TPSA) is 81.1 Å². The number of amides is 1. The molecule has 188 valence electrons. The van der Waals surface area contributed by atoms with Crippen LogP contribution in [0.1, 0.15) is 27.2 Å². The molecule has 16 heteroatoms. The van der Waals surface area contributed by atoms with Crippen LogP contribution < -0.4 is 4.72 Å². The molecule has 1 heterocycles. The number of halogens is 9. The summed E-state index contributed by atoms with van der Waals surface area (Å²) in [4.78, 5) is 14.4. The highest BCUT2D eigenvalue weighted by Crippen LogP contribution is 2.37. The van der Waals surface area contributed by atoms with Crippen molar-refractivity contribution < 1.29 is 52.7 Å². The molecule has 0 saturated heterocycles. The minimum atomic E-state index is -5.16. The molecule has 0 aliphatic rings. The van der Waals surface area contributed by atoms with Crippen molar-refractivity contribution in [2.24, 2.45) is 0 Å². The Morgan fingerprint density at radius 2 is 1.37 bits per heavy atom. The van der Waals surface area contributed by atoms with Gasteiger partial charge in [-0.15, -0.1) is 0 Å². The number of rotatable bonds is 4. The smallest absolute Gasteiger partial charge is 0.305 e. The maximum absolute atomic E-state index is 13.1. The van der Waals surface area contributed by atoms with Gasteiger partial charge in [0.15, 0.2) is 0 Å². The third-order valence-electron chi connectivity index (χ3n) is 4.39. The average Bonchev–Trinajstić information content (AvgIpc) is 3.22.